The summed E-state index contributed by atoms with van der Waals surface area (Å²) in [7, 11) is 5.20. The standard InChI is InChI=1S/C12H15NO6.C12H13NO6/c2*1-12(16)7-4-8(10(14)18-3)13-9(17-2)6(7)5-19-11(12)15/h4,11,15-16H,5H2,1-3H3;4,16H,5H2,1-3H3. The summed E-state index contributed by atoms with van der Waals surface area (Å²) >= 11 is 0. The number of nitrogens with zero attached hydrogens (tertiary/aromatic N) is 2. The molecule has 3 N–H and O–H groups in total. The zero-order chi connectivity index (χ0) is 28.4. The number of cyclic esters (lactones) is 1. The molecule has 0 saturated heterocycles. The molecule has 0 fully saturated rings. The topological polar surface area (TPSA) is 193 Å². The minimum atomic E-state index is -1.85. The number of methoxy groups -OCH3 is 4. The number of fused-ring (bicyclic) bond motifs is 2. The van der Waals surface area contributed by atoms with Crippen molar-refractivity contribution in [2.45, 2.75) is 44.6 Å². The van der Waals surface area contributed by atoms with E-state index in [0.29, 0.717) is 16.7 Å². The molecule has 206 valence electrons. The van der Waals surface area contributed by atoms with Crippen LogP contribution in [-0.4, -0.2) is 77.9 Å². The van der Waals surface area contributed by atoms with Crippen molar-refractivity contribution in [2.24, 2.45) is 0 Å². The van der Waals surface area contributed by atoms with Crippen LogP contribution < -0.4 is 9.47 Å². The van der Waals surface area contributed by atoms with Gasteiger partial charge in [-0.2, -0.15) is 0 Å². The highest BCUT2D eigenvalue weighted by molar-refractivity contribution is 5.90. The third kappa shape index (κ3) is 5.11. The van der Waals surface area contributed by atoms with Gasteiger partial charge in [0.2, 0.25) is 11.8 Å². The van der Waals surface area contributed by atoms with E-state index in [1.54, 1.807) is 0 Å². The van der Waals surface area contributed by atoms with Crippen LogP contribution in [0.15, 0.2) is 12.1 Å². The lowest BCUT2D eigenvalue weighted by Crippen LogP contribution is -2.43. The zero-order valence-corrected chi connectivity index (χ0v) is 21.6. The number of ether oxygens (including phenoxy) is 6. The molecule has 0 radical (unpaired) electrons. The van der Waals surface area contributed by atoms with Gasteiger partial charge in [0, 0.05) is 16.7 Å². The molecule has 3 atom stereocenters. The van der Waals surface area contributed by atoms with Gasteiger partial charge in [0.05, 0.1) is 40.6 Å². The van der Waals surface area contributed by atoms with Gasteiger partial charge in [-0.25, -0.2) is 24.4 Å². The molecule has 2 aromatic rings. The molecule has 2 aromatic heterocycles. The van der Waals surface area contributed by atoms with Crippen LogP contribution in [-0.2, 0) is 48.2 Å². The van der Waals surface area contributed by atoms with Crippen LogP contribution in [0, 0.1) is 0 Å². The minimum Gasteiger partial charge on any atom is -0.481 e. The number of rotatable bonds is 4. The number of pyridine rings is 2. The summed E-state index contributed by atoms with van der Waals surface area (Å²) in [4.78, 5) is 42.6. The lowest BCUT2D eigenvalue weighted by Gasteiger charge is -2.35. The quantitative estimate of drug-likeness (QED) is 0.351. The lowest BCUT2D eigenvalue weighted by molar-refractivity contribution is -0.228. The first-order chi connectivity index (χ1) is 17.8. The molecule has 14 heteroatoms. The second kappa shape index (κ2) is 10.9. The predicted molar refractivity (Wildman–Crippen MR) is 124 cm³/mol. The van der Waals surface area contributed by atoms with E-state index in [1.165, 1.54) is 54.4 Å². The van der Waals surface area contributed by atoms with Crippen molar-refractivity contribution in [1.82, 2.24) is 9.97 Å². The molecule has 0 bridgehead atoms. The fraction of sp³-hybridized carbons (Fsp3) is 0.458. The molecule has 0 aromatic carbocycles. The average molecular weight is 536 g/mol. The predicted octanol–water partition coefficient (Wildman–Crippen LogP) is 0.0740. The summed E-state index contributed by atoms with van der Waals surface area (Å²) in [6.45, 7) is 2.64. The molecule has 0 amide bonds. The Bertz CT molecular complexity index is 1260. The number of carbonyl (C=O) groups excluding carboxylic acids is 3. The van der Waals surface area contributed by atoms with Crippen LogP contribution >= 0.6 is 0 Å². The second-order valence-corrected chi connectivity index (χ2v) is 8.53. The van der Waals surface area contributed by atoms with Gasteiger partial charge in [0.15, 0.2) is 23.3 Å². The van der Waals surface area contributed by atoms with Crippen LogP contribution in [0.4, 0.5) is 0 Å². The summed E-state index contributed by atoms with van der Waals surface area (Å²) in [5, 5.41) is 30.2. The van der Waals surface area contributed by atoms with E-state index in [0.717, 1.165) is 0 Å². The van der Waals surface area contributed by atoms with E-state index >= 15 is 0 Å². The smallest absolute Gasteiger partial charge is 0.356 e. The molecule has 0 spiro atoms. The molecule has 2 aliphatic heterocycles. The van der Waals surface area contributed by atoms with Crippen LogP contribution in [0.1, 0.15) is 57.1 Å². The first-order valence-corrected chi connectivity index (χ1v) is 11.1. The van der Waals surface area contributed by atoms with Gasteiger partial charge in [-0.05, 0) is 26.0 Å². The Morgan fingerprint density at radius 2 is 1.37 bits per heavy atom. The largest absolute Gasteiger partial charge is 0.481 e. The average Bonchev–Trinajstić information content (AvgIpc) is 2.91. The van der Waals surface area contributed by atoms with Crippen molar-refractivity contribution in [3.05, 3.63) is 45.8 Å². The first kappa shape index (κ1) is 28.7. The number of esters is 3. The van der Waals surface area contributed by atoms with E-state index in [9.17, 15) is 29.7 Å². The van der Waals surface area contributed by atoms with Crippen LogP contribution in [0.25, 0.3) is 0 Å². The monoisotopic (exact) mass is 536 g/mol. The van der Waals surface area contributed by atoms with Crippen molar-refractivity contribution in [1.29, 1.82) is 0 Å². The highest BCUT2D eigenvalue weighted by Crippen LogP contribution is 2.38. The molecular formula is C24H28N2O12. The maximum atomic E-state index is 11.6. The van der Waals surface area contributed by atoms with Crippen LogP contribution in [0.2, 0.25) is 0 Å². The van der Waals surface area contributed by atoms with Crippen molar-refractivity contribution >= 4 is 17.9 Å². The molecule has 0 aliphatic carbocycles. The number of hydrogen-bond acceptors (Lipinski definition) is 14. The maximum absolute atomic E-state index is 11.6. The van der Waals surface area contributed by atoms with E-state index in [4.69, 9.17) is 18.9 Å². The molecule has 4 rings (SSSR count). The van der Waals surface area contributed by atoms with E-state index in [2.05, 4.69) is 19.4 Å². The maximum Gasteiger partial charge on any atom is 0.356 e. The van der Waals surface area contributed by atoms with Gasteiger partial charge in [0.25, 0.3) is 0 Å². The third-order valence-electron chi connectivity index (χ3n) is 6.03. The molecule has 0 saturated carbocycles. The van der Waals surface area contributed by atoms with Gasteiger partial charge >= 0.3 is 17.9 Å². The summed E-state index contributed by atoms with van der Waals surface area (Å²) in [6, 6.07) is 2.68. The molecule has 4 heterocycles. The summed E-state index contributed by atoms with van der Waals surface area (Å²) in [6.07, 6.45) is -1.39. The Morgan fingerprint density at radius 3 is 1.84 bits per heavy atom. The Morgan fingerprint density at radius 1 is 0.895 bits per heavy atom. The Kier molecular flexibility index (Phi) is 8.21. The SMILES string of the molecule is COC(=O)c1cc2c(c(OC)n1)COC(=O)C2(C)O.COC(=O)c1cc2c(c(OC)n1)COC(O)C2(C)O. The normalized spacial score (nSPS) is 23.5. The molecular weight excluding hydrogens is 508 g/mol. The lowest BCUT2D eigenvalue weighted by atomic mass is 9.89. The molecule has 2 aliphatic rings. The fourth-order valence-electron chi connectivity index (χ4n) is 3.86. The fourth-order valence-corrected chi connectivity index (χ4v) is 3.86. The molecule has 38 heavy (non-hydrogen) atoms. The number of aliphatic hydroxyl groups is 3. The van der Waals surface area contributed by atoms with Gasteiger partial charge in [-0.15, -0.1) is 0 Å². The summed E-state index contributed by atoms with van der Waals surface area (Å²) in [5.41, 5.74) is -2.08. The van der Waals surface area contributed by atoms with Crippen LogP contribution in [0.3, 0.4) is 0 Å². The Labute approximate surface area is 217 Å². The molecule has 3 unspecified atom stereocenters. The zero-order valence-electron chi connectivity index (χ0n) is 21.6. The number of carbonyl (C=O) groups is 3. The number of aliphatic hydroxyl groups excluding tert-OH is 1. The van der Waals surface area contributed by atoms with E-state index < -0.39 is 35.4 Å². The first-order valence-electron chi connectivity index (χ1n) is 11.1. The minimum absolute atomic E-state index is 0.00697. The van der Waals surface area contributed by atoms with Gasteiger partial charge in [-0.3, -0.25) is 0 Å². The second-order valence-electron chi connectivity index (χ2n) is 8.53. The summed E-state index contributed by atoms with van der Waals surface area (Å²) in [5.74, 6) is -1.85. The van der Waals surface area contributed by atoms with Crippen LogP contribution in [0.5, 0.6) is 11.8 Å². The van der Waals surface area contributed by atoms with Crippen molar-refractivity contribution in [2.75, 3.05) is 28.4 Å². The van der Waals surface area contributed by atoms with Crippen molar-refractivity contribution in [3.8, 4) is 11.8 Å². The third-order valence-corrected chi connectivity index (χ3v) is 6.03. The van der Waals surface area contributed by atoms with Crippen molar-refractivity contribution in [3.63, 3.8) is 0 Å². The van der Waals surface area contributed by atoms with Crippen molar-refractivity contribution < 1.29 is 58.1 Å². The Hall–Kier alpha value is -3.85. The molecule has 14 nitrogen and oxygen atoms in total. The number of aromatic nitrogens is 2. The van der Waals surface area contributed by atoms with Gasteiger partial charge < -0.3 is 43.7 Å². The van der Waals surface area contributed by atoms with E-state index in [1.807, 2.05) is 0 Å². The highest BCUT2D eigenvalue weighted by Gasteiger charge is 2.43. The summed E-state index contributed by atoms with van der Waals surface area (Å²) < 4.78 is 29.2. The van der Waals surface area contributed by atoms with E-state index in [-0.39, 0.29) is 41.9 Å². The number of hydrogen-bond donors (Lipinski definition) is 3. The van der Waals surface area contributed by atoms with Gasteiger partial charge in [0.1, 0.15) is 12.2 Å². The Balaban J connectivity index is 0.000000211. The highest BCUT2D eigenvalue weighted by atomic mass is 16.6. The van der Waals surface area contributed by atoms with Gasteiger partial charge in [-0.1, -0.05) is 0 Å².